The summed E-state index contributed by atoms with van der Waals surface area (Å²) >= 11 is 3.46. The first kappa shape index (κ1) is 14.8. The molecule has 0 aliphatic carbocycles. The van der Waals surface area contributed by atoms with Crippen LogP contribution in [0.5, 0.6) is 0 Å². The molecule has 0 saturated carbocycles. The summed E-state index contributed by atoms with van der Waals surface area (Å²) in [6, 6.07) is 23.2. The lowest BCUT2D eigenvalue weighted by molar-refractivity contribution is 1.44. The lowest BCUT2D eigenvalue weighted by atomic mass is 10.2. The second kappa shape index (κ2) is 5.76. The second-order valence-electron chi connectivity index (χ2n) is 6.06. The number of hydrogen-bond acceptors (Lipinski definition) is 4. The zero-order valence-electron chi connectivity index (χ0n) is 13.6. The molecule has 2 nitrogen and oxygen atoms in total. The van der Waals surface area contributed by atoms with Gasteiger partial charge in [0.25, 0.3) is 0 Å². The van der Waals surface area contributed by atoms with Gasteiger partial charge in [-0.2, -0.15) is 0 Å². The van der Waals surface area contributed by atoms with Crippen LogP contribution in [0.15, 0.2) is 66.7 Å². The minimum atomic E-state index is 1.05. The summed E-state index contributed by atoms with van der Waals surface area (Å²) in [4.78, 5) is 9.67. The Balaban J connectivity index is 1.62. The molecule has 0 saturated heterocycles. The molecule has 0 radical (unpaired) electrons. The van der Waals surface area contributed by atoms with Gasteiger partial charge in [-0.05, 0) is 19.1 Å². The number of nitrogens with zero attached hydrogens (tertiary/aromatic N) is 2. The van der Waals surface area contributed by atoms with E-state index in [1.54, 1.807) is 22.7 Å². The Morgan fingerprint density at radius 1 is 0.640 bits per heavy atom. The molecule has 0 fully saturated rings. The van der Waals surface area contributed by atoms with Gasteiger partial charge in [0.05, 0.1) is 20.4 Å². The van der Waals surface area contributed by atoms with Crippen molar-refractivity contribution in [3.05, 3.63) is 72.3 Å². The number of aromatic nitrogens is 2. The minimum Gasteiger partial charge on any atom is -0.236 e. The highest BCUT2D eigenvalue weighted by Gasteiger charge is 2.11. The van der Waals surface area contributed by atoms with Gasteiger partial charge >= 0.3 is 0 Å². The number of fused-ring (bicyclic) bond motifs is 2. The molecule has 0 unspecified atom stereocenters. The average Bonchev–Trinajstić information content (AvgIpc) is 3.24. The topological polar surface area (TPSA) is 25.8 Å². The molecule has 5 aromatic rings. The smallest absolute Gasteiger partial charge is 0.124 e. The second-order valence-corrected chi connectivity index (χ2v) is 8.12. The molecule has 0 bridgehead atoms. The summed E-state index contributed by atoms with van der Waals surface area (Å²) in [6.07, 6.45) is 0. The lowest BCUT2D eigenvalue weighted by Crippen LogP contribution is -1.76. The number of aryl methyl sites for hydroxylation is 1. The van der Waals surface area contributed by atoms with Crippen molar-refractivity contribution < 1.29 is 0 Å². The van der Waals surface area contributed by atoms with Crippen molar-refractivity contribution in [3.63, 3.8) is 0 Å². The van der Waals surface area contributed by atoms with E-state index >= 15 is 0 Å². The maximum Gasteiger partial charge on any atom is 0.124 e. The Kier molecular flexibility index (Phi) is 3.40. The fraction of sp³-hybridized carbons (Fsp3) is 0.0476. The van der Waals surface area contributed by atoms with E-state index in [0.717, 1.165) is 21.0 Å². The Bertz CT molecular complexity index is 1130. The van der Waals surface area contributed by atoms with Crippen LogP contribution in [0.3, 0.4) is 0 Å². The molecule has 0 amide bonds. The maximum absolute atomic E-state index is 4.84. The zero-order valence-corrected chi connectivity index (χ0v) is 15.2. The first-order valence-corrected chi connectivity index (χ1v) is 9.73. The van der Waals surface area contributed by atoms with Crippen LogP contribution in [0.2, 0.25) is 0 Å². The van der Waals surface area contributed by atoms with Gasteiger partial charge in [-0.1, -0.05) is 60.2 Å². The van der Waals surface area contributed by atoms with E-state index in [0.29, 0.717) is 0 Å². The van der Waals surface area contributed by atoms with Gasteiger partial charge in [0, 0.05) is 11.1 Å². The quantitative estimate of drug-likeness (QED) is 0.358. The molecular formula is C21H14N2S2. The molecule has 25 heavy (non-hydrogen) atoms. The van der Waals surface area contributed by atoms with Gasteiger partial charge in [-0.3, -0.25) is 0 Å². The predicted octanol–water partition coefficient (Wildman–Crippen LogP) is 6.55. The van der Waals surface area contributed by atoms with Crippen LogP contribution in [0, 0.1) is 6.92 Å². The van der Waals surface area contributed by atoms with Gasteiger partial charge in [0.2, 0.25) is 0 Å². The van der Waals surface area contributed by atoms with E-state index in [1.807, 2.05) is 6.07 Å². The van der Waals surface area contributed by atoms with Crippen LogP contribution in [-0.4, -0.2) is 9.97 Å². The van der Waals surface area contributed by atoms with E-state index in [2.05, 4.69) is 67.6 Å². The van der Waals surface area contributed by atoms with Gasteiger partial charge in [0.15, 0.2) is 0 Å². The highest BCUT2D eigenvalue weighted by molar-refractivity contribution is 7.23. The third kappa shape index (κ3) is 2.64. The van der Waals surface area contributed by atoms with Gasteiger partial charge in [-0.25, -0.2) is 9.97 Å². The Morgan fingerprint density at radius 3 is 1.72 bits per heavy atom. The van der Waals surface area contributed by atoms with Crippen LogP contribution in [0.1, 0.15) is 5.56 Å². The molecule has 3 aromatic carbocycles. The normalized spacial score (nSPS) is 11.4. The van der Waals surface area contributed by atoms with E-state index in [-0.39, 0.29) is 0 Å². The molecule has 2 aromatic heterocycles. The van der Waals surface area contributed by atoms with E-state index < -0.39 is 0 Å². The average molecular weight is 358 g/mol. The summed E-state index contributed by atoms with van der Waals surface area (Å²) in [7, 11) is 0. The summed E-state index contributed by atoms with van der Waals surface area (Å²) in [5, 5.41) is 2.13. The van der Waals surface area contributed by atoms with Crippen molar-refractivity contribution in [1.82, 2.24) is 9.97 Å². The highest BCUT2D eigenvalue weighted by Crippen LogP contribution is 2.36. The first-order chi connectivity index (χ1) is 12.3. The summed E-state index contributed by atoms with van der Waals surface area (Å²) < 4.78 is 2.38. The van der Waals surface area contributed by atoms with E-state index in [4.69, 9.17) is 9.97 Å². The molecule has 4 heteroatoms. The van der Waals surface area contributed by atoms with Crippen molar-refractivity contribution in [1.29, 1.82) is 0 Å². The van der Waals surface area contributed by atoms with Gasteiger partial charge in [-0.15, -0.1) is 22.7 Å². The largest absolute Gasteiger partial charge is 0.236 e. The number of rotatable bonds is 2. The minimum absolute atomic E-state index is 1.05. The summed E-state index contributed by atoms with van der Waals surface area (Å²) in [5.74, 6) is 0. The van der Waals surface area contributed by atoms with Crippen molar-refractivity contribution in [2.45, 2.75) is 6.92 Å². The summed E-state index contributed by atoms with van der Waals surface area (Å²) in [6.45, 7) is 2.10. The monoisotopic (exact) mass is 358 g/mol. The molecule has 0 spiro atoms. The maximum atomic E-state index is 4.84. The fourth-order valence-corrected chi connectivity index (χ4v) is 4.85. The van der Waals surface area contributed by atoms with Crippen molar-refractivity contribution in [3.8, 4) is 21.1 Å². The Morgan fingerprint density at radius 2 is 1.16 bits per heavy atom. The van der Waals surface area contributed by atoms with Crippen molar-refractivity contribution >= 4 is 43.1 Å². The number of thiazole rings is 2. The lowest BCUT2D eigenvalue weighted by Gasteiger charge is -1.95. The first-order valence-electron chi connectivity index (χ1n) is 8.10. The summed E-state index contributed by atoms with van der Waals surface area (Å²) in [5.41, 5.74) is 5.71. The molecule has 0 N–H and O–H groups in total. The number of hydrogen-bond donors (Lipinski definition) is 0. The third-order valence-corrected chi connectivity index (χ3v) is 6.35. The molecule has 0 aliphatic heterocycles. The molecule has 2 heterocycles. The zero-order chi connectivity index (χ0) is 16.8. The Hall–Kier alpha value is -2.56. The van der Waals surface area contributed by atoms with Crippen LogP contribution < -0.4 is 0 Å². The van der Waals surface area contributed by atoms with E-state index in [9.17, 15) is 0 Å². The molecule has 5 rings (SSSR count). The van der Waals surface area contributed by atoms with Gasteiger partial charge < -0.3 is 0 Å². The fourth-order valence-electron chi connectivity index (χ4n) is 2.87. The third-order valence-electron chi connectivity index (χ3n) is 4.22. The predicted molar refractivity (Wildman–Crippen MR) is 108 cm³/mol. The van der Waals surface area contributed by atoms with Crippen molar-refractivity contribution in [2.75, 3.05) is 0 Å². The Labute approximate surface area is 153 Å². The van der Waals surface area contributed by atoms with Crippen LogP contribution >= 0.6 is 22.7 Å². The molecule has 120 valence electrons. The van der Waals surface area contributed by atoms with Gasteiger partial charge in [0.1, 0.15) is 10.0 Å². The van der Waals surface area contributed by atoms with Crippen LogP contribution in [0.4, 0.5) is 0 Å². The van der Waals surface area contributed by atoms with Crippen molar-refractivity contribution in [2.24, 2.45) is 0 Å². The standard InChI is InChI=1S/C21H14N2S2/c1-13-7-9-15(10-8-13)21-23-17-12-18-16(11-19(17)25-21)22-20(24-18)14-5-3-2-4-6-14/h2-12H,1H3. The van der Waals surface area contributed by atoms with Crippen LogP contribution in [0.25, 0.3) is 41.6 Å². The highest BCUT2D eigenvalue weighted by atomic mass is 32.1. The van der Waals surface area contributed by atoms with E-state index in [1.165, 1.54) is 26.1 Å². The number of benzene rings is 3. The SMILES string of the molecule is Cc1ccc(-c2nc3cc4sc(-c5ccccc5)nc4cc3s2)cc1. The van der Waals surface area contributed by atoms with Crippen LogP contribution in [-0.2, 0) is 0 Å². The molecule has 0 aliphatic rings. The molecule has 0 atom stereocenters. The molecular weight excluding hydrogens is 344 g/mol.